The van der Waals surface area contributed by atoms with Gasteiger partial charge in [-0.05, 0) is 22.0 Å². The van der Waals surface area contributed by atoms with E-state index in [0.29, 0.717) is 26.9 Å². The highest BCUT2D eigenvalue weighted by Crippen LogP contribution is 2.38. The predicted octanol–water partition coefficient (Wildman–Crippen LogP) is 0.996. The largest absolute Gasteiger partial charge is 0.493 e. The van der Waals surface area contributed by atoms with Crippen molar-refractivity contribution in [3.05, 3.63) is 31.4 Å². The van der Waals surface area contributed by atoms with Gasteiger partial charge in [0.2, 0.25) is 0 Å². The van der Waals surface area contributed by atoms with Gasteiger partial charge in [0.1, 0.15) is 0 Å². The molecule has 1 heterocycles. The van der Waals surface area contributed by atoms with Gasteiger partial charge in [0, 0.05) is 0 Å². The van der Waals surface area contributed by atoms with E-state index >= 15 is 0 Å². The molecule has 0 spiro atoms. The Labute approximate surface area is 104 Å². The van der Waals surface area contributed by atoms with Crippen molar-refractivity contribution < 1.29 is 9.47 Å². The quantitative estimate of drug-likeness (QED) is 0.866. The molecule has 17 heavy (non-hydrogen) atoms. The number of hydrogen-bond acceptors (Lipinski definition) is 4. The monoisotopic (exact) mass is 300 g/mol. The summed E-state index contributed by atoms with van der Waals surface area (Å²) in [5.74, 6) is 0.825. The summed E-state index contributed by atoms with van der Waals surface area (Å²) in [6.45, 7) is 0. The molecule has 0 fully saturated rings. The maximum Gasteiger partial charge on any atom is 0.326 e. The molecule has 0 aliphatic carbocycles. The standard InChI is InChI=1S/C10H9BrN2O4/c1-16-5-3-4-7(6(11)8(5)17-2)12-10(15)13-9(4)14/h3H,1-2H3,(H2,12,13,14,15). The highest BCUT2D eigenvalue weighted by Gasteiger charge is 2.15. The number of aromatic nitrogens is 2. The third-order valence-corrected chi connectivity index (χ3v) is 3.08. The van der Waals surface area contributed by atoms with Gasteiger partial charge in [-0.15, -0.1) is 0 Å². The normalized spacial score (nSPS) is 10.5. The van der Waals surface area contributed by atoms with Gasteiger partial charge in [-0.1, -0.05) is 0 Å². The summed E-state index contributed by atoms with van der Waals surface area (Å²) in [6.07, 6.45) is 0. The predicted molar refractivity (Wildman–Crippen MR) is 66.0 cm³/mol. The number of halogens is 1. The van der Waals surface area contributed by atoms with E-state index in [0.717, 1.165) is 0 Å². The van der Waals surface area contributed by atoms with E-state index in [1.54, 1.807) is 0 Å². The molecule has 0 radical (unpaired) electrons. The van der Waals surface area contributed by atoms with Gasteiger partial charge < -0.3 is 14.5 Å². The van der Waals surface area contributed by atoms with Crippen molar-refractivity contribution >= 4 is 26.8 Å². The lowest BCUT2D eigenvalue weighted by Crippen LogP contribution is -2.22. The number of ether oxygens (including phenoxy) is 2. The molecule has 0 amide bonds. The second-order valence-corrected chi connectivity index (χ2v) is 4.05. The Kier molecular flexibility index (Phi) is 2.93. The van der Waals surface area contributed by atoms with Crippen LogP contribution in [0.3, 0.4) is 0 Å². The Hall–Kier alpha value is -1.76. The molecule has 0 atom stereocenters. The van der Waals surface area contributed by atoms with Crippen LogP contribution in [0, 0.1) is 0 Å². The molecule has 2 rings (SSSR count). The Morgan fingerprint density at radius 1 is 1.18 bits per heavy atom. The van der Waals surface area contributed by atoms with Crippen LogP contribution in [0.4, 0.5) is 0 Å². The summed E-state index contributed by atoms with van der Waals surface area (Å²) in [4.78, 5) is 27.5. The van der Waals surface area contributed by atoms with Crippen LogP contribution in [0.15, 0.2) is 20.1 Å². The van der Waals surface area contributed by atoms with Crippen LogP contribution in [0.25, 0.3) is 10.9 Å². The molecular weight excluding hydrogens is 292 g/mol. The molecule has 0 bridgehead atoms. The van der Waals surface area contributed by atoms with Crippen molar-refractivity contribution in [3.63, 3.8) is 0 Å². The number of aromatic amines is 2. The molecule has 1 aromatic heterocycles. The number of nitrogens with one attached hydrogen (secondary N) is 2. The lowest BCUT2D eigenvalue weighted by Gasteiger charge is -2.11. The van der Waals surface area contributed by atoms with E-state index in [9.17, 15) is 9.59 Å². The van der Waals surface area contributed by atoms with Crippen LogP contribution < -0.4 is 20.7 Å². The van der Waals surface area contributed by atoms with E-state index in [4.69, 9.17) is 9.47 Å². The molecule has 6 nitrogen and oxygen atoms in total. The van der Waals surface area contributed by atoms with Gasteiger partial charge in [-0.3, -0.25) is 9.78 Å². The molecular formula is C10H9BrN2O4. The Morgan fingerprint density at radius 2 is 1.88 bits per heavy atom. The molecule has 0 saturated heterocycles. The molecule has 0 aliphatic rings. The number of fused-ring (bicyclic) bond motifs is 1. The smallest absolute Gasteiger partial charge is 0.326 e. The van der Waals surface area contributed by atoms with Crippen LogP contribution in [-0.2, 0) is 0 Å². The molecule has 90 valence electrons. The van der Waals surface area contributed by atoms with Crippen LogP contribution >= 0.6 is 15.9 Å². The number of H-pyrrole nitrogens is 2. The molecule has 2 N–H and O–H groups in total. The van der Waals surface area contributed by atoms with Crippen LogP contribution in [-0.4, -0.2) is 24.2 Å². The number of rotatable bonds is 2. The molecule has 7 heteroatoms. The van der Waals surface area contributed by atoms with Crippen molar-refractivity contribution in [2.75, 3.05) is 14.2 Å². The first kappa shape index (κ1) is 11.7. The van der Waals surface area contributed by atoms with E-state index in [1.807, 2.05) is 0 Å². The van der Waals surface area contributed by atoms with Crippen molar-refractivity contribution in [1.82, 2.24) is 9.97 Å². The zero-order valence-corrected chi connectivity index (χ0v) is 10.7. The zero-order chi connectivity index (χ0) is 12.6. The van der Waals surface area contributed by atoms with Crippen LogP contribution in [0.2, 0.25) is 0 Å². The lowest BCUT2D eigenvalue weighted by atomic mass is 10.2. The SMILES string of the molecule is COc1cc2c(=O)[nH]c(=O)[nH]c2c(Br)c1OC. The maximum absolute atomic E-state index is 11.6. The van der Waals surface area contributed by atoms with Crippen LogP contribution in [0.5, 0.6) is 11.5 Å². The Morgan fingerprint density at radius 3 is 2.47 bits per heavy atom. The second-order valence-electron chi connectivity index (χ2n) is 3.26. The Bertz CT molecular complexity index is 689. The third-order valence-electron chi connectivity index (χ3n) is 2.32. The van der Waals surface area contributed by atoms with Crippen molar-refractivity contribution in [2.45, 2.75) is 0 Å². The minimum absolute atomic E-state index is 0.314. The minimum Gasteiger partial charge on any atom is -0.493 e. The van der Waals surface area contributed by atoms with E-state index in [1.165, 1.54) is 20.3 Å². The average molecular weight is 301 g/mol. The van der Waals surface area contributed by atoms with Gasteiger partial charge in [0.15, 0.2) is 11.5 Å². The molecule has 0 aliphatic heterocycles. The maximum atomic E-state index is 11.6. The molecule has 1 aromatic carbocycles. The fourth-order valence-electron chi connectivity index (χ4n) is 1.57. The summed E-state index contributed by atoms with van der Waals surface area (Å²) in [6, 6.07) is 1.51. The first-order valence-electron chi connectivity index (χ1n) is 4.65. The molecule has 0 saturated carbocycles. The summed E-state index contributed by atoms with van der Waals surface area (Å²) >= 11 is 3.27. The molecule has 2 aromatic rings. The number of benzene rings is 1. The lowest BCUT2D eigenvalue weighted by molar-refractivity contribution is 0.354. The summed E-state index contributed by atoms with van der Waals surface area (Å²) in [7, 11) is 2.94. The summed E-state index contributed by atoms with van der Waals surface area (Å²) in [5.41, 5.74) is -0.683. The first-order chi connectivity index (χ1) is 8.08. The van der Waals surface area contributed by atoms with Crippen molar-refractivity contribution in [2.24, 2.45) is 0 Å². The minimum atomic E-state index is -0.574. The fraction of sp³-hybridized carbons (Fsp3) is 0.200. The van der Waals surface area contributed by atoms with Gasteiger partial charge in [-0.2, -0.15) is 0 Å². The van der Waals surface area contributed by atoms with Gasteiger partial charge >= 0.3 is 5.69 Å². The highest BCUT2D eigenvalue weighted by atomic mass is 79.9. The van der Waals surface area contributed by atoms with Gasteiger partial charge in [0.05, 0.1) is 29.6 Å². The van der Waals surface area contributed by atoms with Gasteiger partial charge in [0.25, 0.3) is 5.56 Å². The number of methoxy groups -OCH3 is 2. The van der Waals surface area contributed by atoms with Crippen LogP contribution in [0.1, 0.15) is 0 Å². The van der Waals surface area contributed by atoms with Crippen molar-refractivity contribution in [3.8, 4) is 11.5 Å². The zero-order valence-electron chi connectivity index (χ0n) is 9.09. The van der Waals surface area contributed by atoms with E-state index in [-0.39, 0.29) is 0 Å². The first-order valence-corrected chi connectivity index (χ1v) is 5.44. The Balaban J connectivity index is 3.00. The van der Waals surface area contributed by atoms with E-state index < -0.39 is 11.2 Å². The second kappa shape index (κ2) is 4.25. The molecule has 0 unspecified atom stereocenters. The van der Waals surface area contributed by atoms with E-state index in [2.05, 4.69) is 25.9 Å². The summed E-state index contributed by atoms with van der Waals surface area (Å²) in [5, 5.41) is 0.314. The van der Waals surface area contributed by atoms with Crippen molar-refractivity contribution in [1.29, 1.82) is 0 Å². The fourth-order valence-corrected chi connectivity index (χ4v) is 2.24. The van der Waals surface area contributed by atoms with Gasteiger partial charge in [-0.25, -0.2) is 4.79 Å². The third kappa shape index (κ3) is 1.82. The highest BCUT2D eigenvalue weighted by molar-refractivity contribution is 9.10. The summed E-state index contributed by atoms with van der Waals surface area (Å²) < 4.78 is 10.7. The topological polar surface area (TPSA) is 84.2 Å². The average Bonchev–Trinajstić information content (AvgIpc) is 2.30. The number of hydrogen-bond donors (Lipinski definition) is 2.